The van der Waals surface area contributed by atoms with Gasteiger partial charge in [-0.3, -0.25) is 0 Å². The minimum atomic E-state index is -0.322. The molecule has 2 aromatic heterocycles. The first-order valence-corrected chi connectivity index (χ1v) is 10.0. The first kappa shape index (κ1) is 18.7. The fourth-order valence-corrected chi connectivity index (χ4v) is 3.76. The van der Waals surface area contributed by atoms with Crippen molar-refractivity contribution in [1.82, 2.24) is 19.7 Å². The summed E-state index contributed by atoms with van der Waals surface area (Å²) in [6, 6.07) is 13.7. The van der Waals surface area contributed by atoms with Gasteiger partial charge in [-0.15, -0.1) is 10.2 Å². The van der Waals surface area contributed by atoms with Crippen molar-refractivity contribution in [2.24, 2.45) is 0 Å². The molecule has 0 aliphatic heterocycles. The van der Waals surface area contributed by atoms with E-state index in [4.69, 9.17) is 16.0 Å². The fourth-order valence-electron chi connectivity index (χ4n) is 2.76. The number of oxazole rings is 1. The van der Waals surface area contributed by atoms with Gasteiger partial charge in [0.25, 0.3) is 0 Å². The van der Waals surface area contributed by atoms with Gasteiger partial charge in [-0.05, 0) is 49.4 Å². The molecule has 0 fully saturated rings. The van der Waals surface area contributed by atoms with Crippen LogP contribution in [0.3, 0.4) is 0 Å². The van der Waals surface area contributed by atoms with Crippen molar-refractivity contribution in [3.05, 3.63) is 71.3 Å². The van der Waals surface area contributed by atoms with Crippen LogP contribution in [0.15, 0.2) is 64.4 Å². The molecule has 2 aromatic carbocycles. The molecular weight excluding hydrogens is 399 g/mol. The maximum atomic E-state index is 13.4. The quantitative estimate of drug-likeness (QED) is 0.378. The fraction of sp³-hybridized carbons (Fsp3) is 0.150. The van der Waals surface area contributed by atoms with Crippen LogP contribution in [0.25, 0.3) is 22.8 Å². The van der Waals surface area contributed by atoms with Crippen molar-refractivity contribution in [1.29, 1.82) is 0 Å². The Hall–Kier alpha value is -2.64. The summed E-state index contributed by atoms with van der Waals surface area (Å²) in [5, 5.41) is 10.1. The van der Waals surface area contributed by atoms with Crippen molar-refractivity contribution in [2.45, 2.75) is 24.4 Å². The van der Waals surface area contributed by atoms with E-state index in [0.717, 1.165) is 28.8 Å². The number of rotatable bonds is 6. The van der Waals surface area contributed by atoms with Crippen LogP contribution in [0.1, 0.15) is 12.6 Å². The number of halogens is 2. The number of thioether (sulfide) groups is 1. The summed E-state index contributed by atoms with van der Waals surface area (Å²) in [5.74, 6) is 1.44. The molecule has 0 amide bonds. The van der Waals surface area contributed by atoms with Gasteiger partial charge in [0.2, 0.25) is 5.89 Å². The first-order valence-electron chi connectivity index (χ1n) is 8.66. The lowest BCUT2D eigenvalue weighted by Crippen LogP contribution is -1.99. The van der Waals surface area contributed by atoms with Gasteiger partial charge in [-0.25, -0.2) is 9.37 Å². The van der Waals surface area contributed by atoms with Crippen molar-refractivity contribution in [3.8, 4) is 22.8 Å². The number of hydrogen-bond acceptors (Lipinski definition) is 5. The summed E-state index contributed by atoms with van der Waals surface area (Å²) >= 11 is 7.49. The predicted molar refractivity (Wildman–Crippen MR) is 108 cm³/mol. The summed E-state index contributed by atoms with van der Waals surface area (Å²) in [5.41, 5.74) is 2.32. The number of hydrogen-bond donors (Lipinski definition) is 0. The van der Waals surface area contributed by atoms with Gasteiger partial charge < -0.3 is 8.98 Å². The highest BCUT2D eigenvalue weighted by Crippen LogP contribution is 2.28. The zero-order valence-electron chi connectivity index (χ0n) is 15.0. The van der Waals surface area contributed by atoms with Gasteiger partial charge >= 0.3 is 0 Å². The maximum absolute atomic E-state index is 13.4. The molecule has 0 aliphatic carbocycles. The van der Waals surface area contributed by atoms with Crippen LogP contribution in [0, 0.1) is 5.82 Å². The smallest absolute Gasteiger partial charge is 0.226 e. The van der Waals surface area contributed by atoms with Crippen LogP contribution in [0.5, 0.6) is 0 Å². The average Bonchev–Trinajstić information content (AvgIpc) is 3.34. The van der Waals surface area contributed by atoms with E-state index in [9.17, 15) is 4.39 Å². The lowest BCUT2D eigenvalue weighted by Gasteiger charge is -2.06. The van der Waals surface area contributed by atoms with Crippen molar-refractivity contribution in [3.63, 3.8) is 0 Å². The highest BCUT2D eigenvalue weighted by atomic mass is 35.5. The van der Waals surface area contributed by atoms with Crippen LogP contribution < -0.4 is 0 Å². The summed E-state index contributed by atoms with van der Waals surface area (Å²) in [7, 11) is 0. The molecule has 0 bridgehead atoms. The van der Waals surface area contributed by atoms with E-state index in [1.807, 2.05) is 35.8 Å². The zero-order valence-corrected chi connectivity index (χ0v) is 16.5. The SMILES string of the molecule is CCn1c(SCc2coc(-c3cccc(F)c3)n2)nnc1-c1ccc(Cl)cc1. The number of benzene rings is 2. The molecule has 4 aromatic rings. The molecule has 5 nitrogen and oxygen atoms in total. The van der Waals surface area contributed by atoms with Gasteiger partial charge in [0.1, 0.15) is 12.1 Å². The monoisotopic (exact) mass is 414 g/mol. The minimum absolute atomic E-state index is 0.322. The van der Waals surface area contributed by atoms with Crippen molar-refractivity contribution >= 4 is 23.4 Å². The lowest BCUT2D eigenvalue weighted by atomic mass is 10.2. The molecule has 0 aliphatic rings. The first-order chi connectivity index (χ1) is 13.6. The molecule has 2 heterocycles. The third-order valence-electron chi connectivity index (χ3n) is 4.11. The van der Waals surface area contributed by atoms with E-state index in [-0.39, 0.29) is 5.82 Å². The molecule has 8 heteroatoms. The Morgan fingerprint density at radius 3 is 2.68 bits per heavy atom. The Balaban J connectivity index is 1.50. The Morgan fingerprint density at radius 1 is 1.11 bits per heavy atom. The molecule has 142 valence electrons. The maximum Gasteiger partial charge on any atom is 0.226 e. The molecule has 0 saturated carbocycles. The van der Waals surface area contributed by atoms with Gasteiger partial charge in [0.15, 0.2) is 11.0 Å². The Bertz CT molecular complexity index is 1090. The molecular formula is C20H16ClFN4OS. The topological polar surface area (TPSA) is 56.7 Å². The van der Waals surface area contributed by atoms with E-state index in [2.05, 4.69) is 15.2 Å². The van der Waals surface area contributed by atoms with E-state index < -0.39 is 0 Å². The molecule has 0 N–H and O–H groups in total. The number of nitrogens with zero attached hydrogens (tertiary/aromatic N) is 4. The van der Waals surface area contributed by atoms with E-state index in [1.165, 1.54) is 23.9 Å². The highest BCUT2D eigenvalue weighted by molar-refractivity contribution is 7.98. The van der Waals surface area contributed by atoms with E-state index in [0.29, 0.717) is 22.2 Å². The molecule has 0 unspecified atom stereocenters. The van der Waals surface area contributed by atoms with Gasteiger partial charge in [0, 0.05) is 28.4 Å². The van der Waals surface area contributed by atoms with Gasteiger partial charge in [-0.2, -0.15) is 0 Å². The third-order valence-corrected chi connectivity index (χ3v) is 5.36. The molecule has 28 heavy (non-hydrogen) atoms. The van der Waals surface area contributed by atoms with Gasteiger partial charge in [0.05, 0.1) is 5.69 Å². The average molecular weight is 415 g/mol. The van der Waals surface area contributed by atoms with Crippen LogP contribution >= 0.6 is 23.4 Å². The molecule has 0 atom stereocenters. The van der Waals surface area contributed by atoms with E-state index >= 15 is 0 Å². The Labute approximate surface area is 170 Å². The molecule has 4 rings (SSSR count). The van der Waals surface area contributed by atoms with E-state index in [1.54, 1.807) is 18.4 Å². The zero-order chi connectivity index (χ0) is 19.5. The molecule has 0 radical (unpaired) electrons. The highest BCUT2D eigenvalue weighted by Gasteiger charge is 2.15. The third kappa shape index (κ3) is 3.95. The van der Waals surface area contributed by atoms with Gasteiger partial charge in [-0.1, -0.05) is 29.4 Å². The second kappa shape index (κ2) is 8.16. The van der Waals surface area contributed by atoms with Crippen LogP contribution in [-0.2, 0) is 12.3 Å². The normalized spacial score (nSPS) is 11.1. The van der Waals surface area contributed by atoms with Crippen molar-refractivity contribution in [2.75, 3.05) is 0 Å². The van der Waals surface area contributed by atoms with Crippen molar-refractivity contribution < 1.29 is 8.81 Å². The van der Waals surface area contributed by atoms with Crippen LogP contribution in [0.2, 0.25) is 5.02 Å². The van der Waals surface area contributed by atoms with Crippen LogP contribution in [-0.4, -0.2) is 19.7 Å². The Kier molecular flexibility index (Phi) is 5.45. The summed E-state index contributed by atoms with van der Waals surface area (Å²) in [6.45, 7) is 2.78. The predicted octanol–water partition coefficient (Wildman–Crippen LogP) is 5.70. The molecule has 0 saturated heterocycles. The largest absolute Gasteiger partial charge is 0.444 e. The Morgan fingerprint density at radius 2 is 1.93 bits per heavy atom. The summed E-state index contributed by atoms with van der Waals surface area (Å²) < 4.78 is 20.9. The summed E-state index contributed by atoms with van der Waals surface area (Å²) in [4.78, 5) is 4.44. The minimum Gasteiger partial charge on any atom is -0.444 e. The second-order valence-electron chi connectivity index (χ2n) is 6.00. The standard InChI is InChI=1S/C20H16ClFN4OS/c1-2-26-18(13-6-8-15(21)9-7-13)24-25-20(26)28-12-17-11-27-19(23-17)14-4-3-5-16(22)10-14/h3-11H,2,12H2,1H3. The summed E-state index contributed by atoms with van der Waals surface area (Å²) in [6.07, 6.45) is 1.58. The lowest BCUT2D eigenvalue weighted by molar-refractivity contribution is 0.571. The second-order valence-corrected chi connectivity index (χ2v) is 7.38. The van der Waals surface area contributed by atoms with Crippen LogP contribution in [0.4, 0.5) is 4.39 Å². The molecule has 0 spiro atoms. The number of aromatic nitrogens is 4.